The van der Waals surface area contributed by atoms with Gasteiger partial charge in [-0.15, -0.1) is 0 Å². The Kier molecular flexibility index (Phi) is 14.1. The van der Waals surface area contributed by atoms with Gasteiger partial charge in [0.05, 0.1) is 10.5 Å². The number of likely N-dealkylation sites (tertiary alicyclic amines) is 1. The number of nitrogens with zero attached hydrogens (tertiary/aromatic N) is 1. The molecule has 2 atom stereocenters. The first-order valence-electron chi connectivity index (χ1n) is 18.4. The zero-order chi connectivity index (χ0) is 38.4. The molecule has 4 rings (SSSR count). The van der Waals surface area contributed by atoms with E-state index in [1.165, 1.54) is 12.1 Å². The highest BCUT2D eigenvalue weighted by molar-refractivity contribution is 7.91. The van der Waals surface area contributed by atoms with Gasteiger partial charge in [0.1, 0.15) is 5.82 Å². The van der Waals surface area contributed by atoms with E-state index in [0.717, 1.165) is 11.1 Å². The van der Waals surface area contributed by atoms with Crippen LogP contribution in [-0.2, 0) is 20.0 Å². The number of amides is 4. The number of carbonyl (C=O) groups is 2. The SMILES string of the molecule is CC(C)c1cc(F)cc(C(C)CCC(C)c2cccc(C(C)C)c2NC(=O)NS(=O)(=O)C2CCN(C)CC2)c1NC(=O)NS(=O)(=O)C1CCNCC1. The fourth-order valence-electron chi connectivity index (χ4n) is 7.18. The van der Waals surface area contributed by atoms with Gasteiger partial charge in [-0.2, -0.15) is 0 Å². The van der Waals surface area contributed by atoms with Gasteiger partial charge in [-0.25, -0.2) is 40.3 Å². The maximum Gasteiger partial charge on any atom is 0.332 e. The van der Waals surface area contributed by atoms with Crippen molar-refractivity contribution in [1.29, 1.82) is 0 Å². The standard InChI is InChI=1S/C37H57FN6O6S2/c1-23(2)30-9-8-10-31(34(30)40-36(45)43-52(49,50)29-15-19-44(7)20-16-29)25(5)11-12-26(6)33-22-27(38)21-32(24(3)4)35(33)41-37(46)42-51(47,48)28-13-17-39-18-14-28/h8-10,21-26,28-29,39H,11-20H2,1-7H3,(H2,40,43,45)(H2,41,42,46). The van der Waals surface area contributed by atoms with Crippen molar-refractivity contribution in [2.45, 2.75) is 114 Å². The average Bonchev–Trinajstić information content (AvgIpc) is 3.07. The normalized spacial score (nSPS) is 17.9. The maximum absolute atomic E-state index is 15.1. The number of hydrogen-bond acceptors (Lipinski definition) is 8. The molecule has 2 aromatic carbocycles. The predicted octanol–water partition coefficient (Wildman–Crippen LogP) is 6.51. The molecule has 2 saturated heterocycles. The van der Waals surface area contributed by atoms with Crippen molar-refractivity contribution in [1.82, 2.24) is 19.7 Å². The largest absolute Gasteiger partial charge is 0.332 e. The molecule has 2 fully saturated rings. The van der Waals surface area contributed by atoms with Gasteiger partial charge < -0.3 is 20.9 Å². The Balaban J connectivity index is 1.52. The minimum absolute atomic E-state index is 0.0342. The van der Waals surface area contributed by atoms with Crippen molar-refractivity contribution in [2.24, 2.45) is 0 Å². The predicted molar refractivity (Wildman–Crippen MR) is 206 cm³/mol. The second-order valence-electron chi connectivity index (χ2n) is 15.1. The van der Waals surface area contributed by atoms with E-state index in [1.54, 1.807) is 0 Å². The van der Waals surface area contributed by atoms with Crippen molar-refractivity contribution in [3.8, 4) is 0 Å². The quantitative estimate of drug-likeness (QED) is 0.154. The third kappa shape index (κ3) is 10.7. The van der Waals surface area contributed by atoms with Crippen molar-refractivity contribution in [3.63, 3.8) is 0 Å². The van der Waals surface area contributed by atoms with E-state index >= 15 is 4.39 Å². The molecule has 0 radical (unpaired) electrons. The first-order chi connectivity index (χ1) is 24.4. The van der Waals surface area contributed by atoms with Crippen LogP contribution in [0.4, 0.5) is 25.4 Å². The molecule has 5 N–H and O–H groups in total. The van der Waals surface area contributed by atoms with Gasteiger partial charge in [0, 0.05) is 11.4 Å². The molecule has 52 heavy (non-hydrogen) atoms. The molecule has 0 bridgehead atoms. The van der Waals surface area contributed by atoms with Crippen LogP contribution >= 0.6 is 0 Å². The van der Waals surface area contributed by atoms with Gasteiger partial charge in [-0.3, -0.25) is 0 Å². The van der Waals surface area contributed by atoms with Gasteiger partial charge in [-0.1, -0.05) is 59.7 Å². The molecular weight excluding hydrogens is 708 g/mol. The number of carbonyl (C=O) groups excluding carboxylic acids is 2. The van der Waals surface area contributed by atoms with E-state index in [-0.39, 0.29) is 23.7 Å². The summed E-state index contributed by atoms with van der Waals surface area (Å²) >= 11 is 0. The highest BCUT2D eigenvalue weighted by Gasteiger charge is 2.32. The van der Waals surface area contributed by atoms with Gasteiger partial charge in [0.2, 0.25) is 20.0 Å². The number of nitrogens with one attached hydrogen (secondary N) is 5. The summed E-state index contributed by atoms with van der Waals surface area (Å²) in [5, 5.41) is 7.43. The number of anilines is 2. The molecule has 0 aromatic heterocycles. The summed E-state index contributed by atoms with van der Waals surface area (Å²) in [5.74, 6) is -0.940. The minimum Gasteiger partial charge on any atom is -0.317 e. The van der Waals surface area contributed by atoms with E-state index in [0.29, 0.717) is 87.2 Å². The lowest BCUT2D eigenvalue weighted by atomic mass is 9.84. The maximum atomic E-state index is 15.1. The van der Waals surface area contributed by atoms with Crippen LogP contribution in [0.5, 0.6) is 0 Å². The second-order valence-corrected chi connectivity index (χ2v) is 19.0. The molecule has 2 aromatic rings. The number of halogens is 1. The fourth-order valence-corrected chi connectivity index (χ4v) is 9.82. The van der Waals surface area contributed by atoms with Gasteiger partial charge in [-0.05, 0) is 130 Å². The van der Waals surface area contributed by atoms with Crippen LogP contribution in [0, 0.1) is 5.82 Å². The molecule has 0 aliphatic carbocycles. The molecule has 15 heteroatoms. The Hall–Kier alpha value is -3.27. The monoisotopic (exact) mass is 764 g/mol. The van der Waals surface area contributed by atoms with Gasteiger partial charge in [0.25, 0.3) is 0 Å². The number of urea groups is 2. The number of piperidine rings is 2. The van der Waals surface area contributed by atoms with E-state index in [4.69, 9.17) is 0 Å². The molecule has 0 spiro atoms. The second kappa shape index (κ2) is 17.7. The first kappa shape index (κ1) is 41.5. The molecular formula is C37H57FN6O6S2. The highest BCUT2D eigenvalue weighted by Crippen LogP contribution is 2.39. The van der Waals surface area contributed by atoms with Crippen molar-refractivity contribution in [3.05, 3.63) is 58.4 Å². The van der Waals surface area contributed by atoms with Crippen molar-refractivity contribution < 1.29 is 30.8 Å². The van der Waals surface area contributed by atoms with Gasteiger partial charge >= 0.3 is 12.1 Å². The number of sulfonamides is 2. The molecule has 2 aliphatic heterocycles. The lowest BCUT2D eigenvalue weighted by Gasteiger charge is -2.29. The highest BCUT2D eigenvalue weighted by atomic mass is 32.2. The summed E-state index contributed by atoms with van der Waals surface area (Å²) in [7, 11) is -5.85. The number of hydrogen-bond donors (Lipinski definition) is 5. The van der Waals surface area contributed by atoms with Crippen molar-refractivity contribution in [2.75, 3.05) is 43.9 Å². The fraction of sp³-hybridized carbons (Fsp3) is 0.622. The Morgan fingerprint density at radius 3 is 1.69 bits per heavy atom. The Bertz CT molecular complexity index is 1790. The zero-order valence-electron chi connectivity index (χ0n) is 31.5. The van der Waals surface area contributed by atoms with Crippen LogP contribution in [0.25, 0.3) is 0 Å². The smallest absolute Gasteiger partial charge is 0.317 e. The Morgan fingerprint density at radius 1 is 0.731 bits per heavy atom. The molecule has 2 unspecified atom stereocenters. The van der Waals surface area contributed by atoms with E-state index in [1.807, 2.05) is 66.8 Å². The number of benzene rings is 2. The summed E-state index contributed by atoms with van der Waals surface area (Å²) in [4.78, 5) is 28.5. The third-order valence-corrected chi connectivity index (χ3v) is 14.0. The van der Waals surface area contributed by atoms with Crippen LogP contribution in [0.2, 0.25) is 0 Å². The molecule has 12 nitrogen and oxygen atoms in total. The lowest BCUT2D eigenvalue weighted by Crippen LogP contribution is -2.45. The summed E-state index contributed by atoms with van der Waals surface area (Å²) in [6.07, 6.45) is 2.87. The van der Waals surface area contributed by atoms with Crippen LogP contribution < -0.4 is 25.4 Å². The van der Waals surface area contributed by atoms with Crippen molar-refractivity contribution >= 4 is 43.5 Å². The minimum atomic E-state index is -3.92. The summed E-state index contributed by atoms with van der Waals surface area (Å²) in [6.45, 7) is 14.1. The summed E-state index contributed by atoms with van der Waals surface area (Å²) in [5.41, 5.74) is 3.78. The lowest BCUT2D eigenvalue weighted by molar-refractivity contribution is 0.254. The molecule has 0 saturated carbocycles. The van der Waals surface area contributed by atoms with E-state index in [2.05, 4.69) is 30.3 Å². The Labute approximate surface area is 309 Å². The van der Waals surface area contributed by atoms with Gasteiger partial charge in [0.15, 0.2) is 0 Å². The summed E-state index contributed by atoms with van der Waals surface area (Å²) < 4.78 is 71.6. The number of para-hydroxylation sites is 1. The average molecular weight is 765 g/mol. The topological polar surface area (TPSA) is 166 Å². The first-order valence-corrected chi connectivity index (χ1v) is 21.5. The molecule has 2 aliphatic rings. The summed E-state index contributed by atoms with van der Waals surface area (Å²) in [6, 6.07) is 6.83. The van der Waals surface area contributed by atoms with E-state index in [9.17, 15) is 26.4 Å². The van der Waals surface area contributed by atoms with Crippen LogP contribution in [0.3, 0.4) is 0 Å². The molecule has 2 heterocycles. The van der Waals surface area contributed by atoms with Crippen LogP contribution in [0.1, 0.15) is 126 Å². The number of rotatable bonds is 13. The van der Waals surface area contributed by atoms with E-state index < -0.39 is 48.4 Å². The third-order valence-electron chi connectivity index (χ3n) is 10.4. The van der Waals surface area contributed by atoms with Crippen LogP contribution in [-0.4, -0.2) is 77.5 Å². The Morgan fingerprint density at radius 2 is 1.17 bits per heavy atom. The zero-order valence-corrected chi connectivity index (χ0v) is 33.1. The molecule has 290 valence electrons. The molecule has 4 amide bonds. The van der Waals surface area contributed by atoms with Crippen LogP contribution in [0.15, 0.2) is 30.3 Å².